The van der Waals surface area contributed by atoms with Gasteiger partial charge in [-0.25, -0.2) is 4.84 Å². The summed E-state index contributed by atoms with van der Waals surface area (Å²) in [5.41, 5.74) is 23.0. The second-order valence-electron chi connectivity index (χ2n) is 9.62. The Morgan fingerprint density at radius 2 is 0.917 bits per heavy atom. The number of aliphatic hydroxyl groups is 3. The summed E-state index contributed by atoms with van der Waals surface area (Å²) in [4.78, 5) is 90.1. The van der Waals surface area contributed by atoms with Crippen molar-refractivity contribution >= 4 is 97.2 Å². The summed E-state index contributed by atoms with van der Waals surface area (Å²) in [5.74, 6) is 27.7. The molecular weight excluding hydrogens is 1090 g/mol. The van der Waals surface area contributed by atoms with Crippen LogP contribution in [-0.4, -0.2) is 150 Å². The number of aliphatic hydroxyl groups excluding tert-OH is 3. The Hall–Kier alpha value is -7.80. The number of hydrogen-bond acceptors (Lipinski definition) is 19. The predicted molar refractivity (Wildman–Crippen MR) is 263 cm³/mol. The van der Waals surface area contributed by atoms with Gasteiger partial charge in [0.2, 0.25) is 10.5 Å². The number of carboxylic acids is 2. The molecule has 0 spiro atoms. The number of rotatable bonds is 17. The minimum atomic E-state index is -1.11. The summed E-state index contributed by atoms with van der Waals surface area (Å²) in [6.07, 6.45) is 6.02. The summed E-state index contributed by atoms with van der Waals surface area (Å²) in [7, 11) is 0. The van der Waals surface area contributed by atoms with E-state index in [1.807, 2.05) is 5.92 Å². The second kappa shape index (κ2) is 77.4. The quantitative estimate of drug-likeness (QED) is 0.0140. The number of carbonyl (C=O) groups excluding carboxylic acids is 6. The van der Waals surface area contributed by atoms with E-state index in [1.165, 1.54) is 0 Å². The molecule has 0 saturated carbocycles. The number of nitrogens with zero attached hydrogens (tertiary/aromatic N) is 9. The normalized spacial score (nSPS) is 7.29. The Bertz CT molecular complexity index is 2140. The van der Waals surface area contributed by atoms with Crippen molar-refractivity contribution in [1.82, 2.24) is 4.84 Å². The minimum Gasteiger partial charge on any atom is -0.481 e. The van der Waals surface area contributed by atoms with Crippen LogP contribution in [0.4, 0.5) is 0 Å². The third kappa shape index (κ3) is 119. The molecule has 0 aromatic carbocycles. The summed E-state index contributed by atoms with van der Waals surface area (Å²) in [6.45, 7) is 3.46. The number of hydrogen-bond donors (Lipinski definition) is 6. The van der Waals surface area contributed by atoms with Crippen molar-refractivity contribution in [2.45, 2.75) is 46.5 Å². The molecule has 6 N–H and O–H groups in total. The molecule has 0 amide bonds. The van der Waals surface area contributed by atoms with Gasteiger partial charge in [-0.3, -0.25) is 38.4 Å². The van der Waals surface area contributed by atoms with Gasteiger partial charge in [-0.2, -0.15) is 0 Å². The molecule has 392 valence electrons. The average molecular weight is 1140 g/mol. The number of alkyl halides is 1. The van der Waals surface area contributed by atoms with Crippen molar-refractivity contribution < 1.29 is 82.8 Å². The first-order valence-corrected chi connectivity index (χ1v) is 21.1. The molecule has 72 heavy (non-hydrogen) atoms. The highest BCUT2D eigenvalue weighted by atomic mass is 79.9. The molecule has 31 heteroatoms. The fraction of sp³-hybridized carbons (Fsp3) is 0.463. The summed E-state index contributed by atoms with van der Waals surface area (Å²) >= 11 is 17.4. The molecule has 0 unspecified atom stereocenters. The van der Waals surface area contributed by atoms with Crippen LogP contribution < -0.4 is 4.84 Å². The summed E-state index contributed by atoms with van der Waals surface area (Å²) in [6, 6.07) is 0. The standard InChI is InChI=1S/C11H12ClNO4.C11H11N3O4.C7H8O2.C3H5ClO.C3H4O.C2H3BrO2.C2H2ClN3O.C2H3N3O2/c1-2-10(14)16-7-5-3-4-6-8-17-11(15)9-13-12;1-2-10(15)17-7-5-3-4-6-8-18-11(16)9-13-14-12;8-6-4-2-1-3-5-7-9;1-2-3(4)5;1-2-3-4;3-1-2(4)5;3-2(7)1-5-6-4;3-5-4-1-2(6)7/h13H,2,7-9H2,1H3;2,7-9H2,1H3;8-9H,4,6-7H2;2H2,1H3;1,4H,3H2;1H2,(H,4,5);1H2;1H2,(H,6,7). The van der Waals surface area contributed by atoms with E-state index >= 15 is 0 Å². The van der Waals surface area contributed by atoms with Crippen LogP contribution in [0.3, 0.4) is 0 Å². The van der Waals surface area contributed by atoms with Crippen LogP contribution in [0.15, 0.2) is 15.3 Å². The highest BCUT2D eigenvalue weighted by Gasteiger charge is 1.98. The number of carbonyl (C=O) groups is 8. The summed E-state index contributed by atoms with van der Waals surface area (Å²) < 4.78 is 18.6. The number of terminal acetylenes is 1. The zero-order valence-electron chi connectivity index (χ0n) is 38.6. The fourth-order valence-corrected chi connectivity index (χ4v) is 1.82. The van der Waals surface area contributed by atoms with Crippen LogP contribution in [0.5, 0.6) is 0 Å². The monoisotopic (exact) mass is 1140 g/mol. The lowest BCUT2D eigenvalue weighted by atomic mass is 10.4. The molecule has 0 heterocycles. The molecular formula is C41H48BrCl3N10O17. The second-order valence-corrected chi connectivity index (χ2v) is 11.3. The number of esters is 4. The third-order valence-electron chi connectivity index (χ3n) is 4.32. The molecule has 0 bridgehead atoms. The minimum absolute atomic E-state index is 0.0112. The molecule has 0 fully saturated rings. The lowest BCUT2D eigenvalue weighted by molar-refractivity contribution is -0.142. The van der Waals surface area contributed by atoms with E-state index in [-0.39, 0.29) is 88.4 Å². The van der Waals surface area contributed by atoms with E-state index in [0.717, 1.165) is 0 Å². The number of carboxylic acid groups (broad SMARTS) is 2. The first-order valence-electron chi connectivity index (χ1n) is 18.8. The van der Waals surface area contributed by atoms with Crippen LogP contribution in [0.1, 0.15) is 46.5 Å². The van der Waals surface area contributed by atoms with Crippen molar-refractivity contribution in [3.8, 4) is 83.4 Å². The van der Waals surface area contributed by atoms with Gasteiger partial charge in [-0.1, -0.05) is 69.8 Å². The number of halogens is 4. The van der Waals surface area contributed by atoms with Crippen LogP contribution in [0.2, 0.25) is 0 Å². The molecule has 0 radical (unpaired) electrons. The van der Waals surface area contributed by atoms with Gasteiger partial charge < -0.3 is 44.5 Å². The van der Waals surface area contributed by atoms with Crippen molar-refractivity contribution in [2.75, 3.05) is 77.8 Å². The lowest BCUT2D eigenvalue weighted by Gasteiger charge is -1.96. The van der Waals surface area contributed by atoms with Gasteiger partial charge in [0.25, 0.3) is 0 Å². The van der Waals surface area contributed by atoms with Gasteiger partial charge in [-0.15, -0.1) is 6.42 Å². The van der Waals surface area contributed by atoms with E-state index in [4.69, 9.17) is 77.1 Å². The van der Waals surface area contributed by atoms with Gasteiger partial charge in [0.05, 0.1) is 6.61 Å². The Balaban J connectivity index is -0.000000115. The van der Waals surface area contributed by atoms with E-state index in [2.05, 4.69) is 147 Å². The smallest absolute Gasteiger partial charge is 0.322 e. The Kier molecular flexibility index (Phi) is 87.3. The number of nitrogens with one attached hydrogen (secondary N) is 1. The maximum absolute atomic E-state index is 10.8. The van der Waals surface area contributed by atoms with E-state index in [9.17, 15) is 38.4 Å². The van der Waals surface area contributed by atoms with E-state index in [0.29, 0.717) is 25.7 Å². The van der Waals surface area contributed by atoms with Crippen LogP contribution in [-0.2, 0) is 57.3 Å². The van der Waals surface area contributed by atoms with Gasteiger partial charge in [-0.05, 0) is 111 Å². The van der Waals surface area contributed by atoms with Crippen molar-refractivity contribution in [1.29, 1.82) is 0 Å². The first kappa shape index (κ1) is 81.2. The molecule has 27 nitrogen and oxygen atoms in total. The highest BCUT2D eigenvalue weighted by molar-refractivity contribution is 9.09. The first-order chi connectivity index (χ1) is 34.3. The van der Waals surface area contributed by atoms with Gasteiger partial charge >= 0.3 is 35.8 Å². The zero-order valence-corrected chi connectivity index (χ0v) is 42.4. The zero-order chi connectivity index (χ0) is 56.9. The molecule has 0 rings (SSSR count). The number of azide groups is 3. The van der Waals surface area contributed by atoms with Crippen molar-refractivity contribution in [3.05, 3.63) is 31.3 Å². The van der Waals surface area contributed by atoms with Crippen molar-refractivity contribution in [3.63, 3.8) is 0 Å². The third-order valence-corrected chi connectivity index (χ3v) is 5.32. The average Bonchev–Trinajstić information content (AvgIpc) is 3.36. The lowest BCUT2D eigenvalue weighted by Crippen LogP contribution is -2.17. The molecule has 0 aliphatic carbocycles. The summed E-state index contributed by atoms with van der Waals surface area (Å²) in [5, 5.41) is 47.2. The Morgan fingerprint density at radius 3 is 1.18 bits per heavy atom. The molecule has 0 aliphatic rings. The number of ether oxygens (including phenoxy) is 4. The van der Waals surface area contributed by atoms with Gasteiger partial charge in [0.1, 0.15) is 44.7 Å². The Morgan fingerprint density at radius 1 is 0.569 bits per heavy atom. The molecule has 0 aromatic heterocycles. The van der Waals surface area contributed by atoms with Crippen LogP contribution in [0, 0.1) is 83.4 Å². The highest BCUT2D eigenvalue weighted by Crippen LogP contribution is 1.84. The van der Waals surface area contributed by atoms with E-state index in [1.54, 1.807) is 20.8 Å². The van der Waals surface area contributed by atoms with Crippen molar-refractivity contribution in [2.24, 2.45) is 15.3 Å². The predicted octanol–water partition coefficient (Wildman–Crippen LogP) is 3.08. The molecule has 0 aromatic rings. The SMILES string of the molecule is C#CCO.CCC(=O)Cl.CCC(=O)OCC#CC#CCOC(=O)CN=[N+]=[N-].CCC(=O)OCC#CC#CCOC(=O)CNCl.O=C(O)CBr.OCC#CC#CCCO.[N-]=[N+]=NCC(=O)Cl.[N-]=[N+]=NCC(=O)O. The van der Waals surface area contributed by atoms with Gasteiger partial charge in [0.15, 0.2) is 26.4 Å². The van der Waals surface area contributed by atoms with Gasteiger partial charge in [0, 0.05) is 40.4 Å². The molecule has 0 aliphatic heterocycles. The van der Waals surface area contributed by atoms with Crippen LogP contribution >= 0.6 is 50.9 Å². The fourth-order valence-electron chi connectivity index (χ4n) is 1.66. The Labute approximate surface area is 437 Å². The topological polar surface area (TPSA) is 433 Å². The maximum atomic E-state index is 10.8. The largest absolute Gasteiger partial charge is 0.481 e. The van der Waals surface area contributed by atoms with E-state index < -0.39 is 35.7 Å². The number of aliphatic carboxylic acids is 2. The molecule has 0 atom stereocenters. The van der Waals surface area contributed by atoms with Crippen LogP contribution in [0.25, 0.3) is 31.3 Å². The maximum Gasteiger partial charge on any atom is 0.322 e. The molecule has 0 saturated heterocycles.